The highest BCUT2D eigenvalue weighted by Crippen LogP contribution is 2.31. The van der Waals surface area contributed by atoms with E-state index >= 15 is 0 Å². The molecule has 6 heteroatoms. The lowest BCUT2D eigenvalue weighted by Crippen LogP contribution is -2.12. The molecule has 92 valence electrons. The number of amides is 1. The fourth-order valence-electron chi connectivity index (χ4n) is 1.36. The third-order valence-electron chi connectivity index (χ3n) is 2.20. The van der Waals surface area contributed by atoms with E-state index in [0.717, 1.165) is 0 Å². The molecule has 18 heavy (non-hydrogen) atoms. The molecule has 1 heterocycles. The second-order valence-corrected chi connectivity index (χ2v) is 4.37. The first kappa shape index (κ1) is 12.4. The van der Waals surface area contributed by atoms with Crippen molar-refractivity contribution in [1.82, 2.24) is 4.98 Å². The SMILES string of the molecule is NC(=O)c1cccnc1Oc1cc(N)ccc1Br. The van der Waals surface area contributed by atoms with Crippen LogP contribution in [0.5, 0.6) is 11.6 Å². The zero-order valence-electron chi connectivity index (χ0n) is 9.26. The lowest BCUT2D eigenvalue weighted by atomic mass is 10.2. The number of rotatable bonds is 3. The van der Waals surface area contributed by atoms with E-state index in [2.05, 4.69) is 20.9 Å². The first-order chi connectivity index (χ1) is 8.58. The van der Waals surface area contributed by atoms with Crippen LogP contribution in [-0.2, 0) is 0 Å². The molecular formula is C12H10BrN3O2. The summed E-state index contributed by atoms with van der Waals surface area (Å²) in [4.78, 5) is 15.2. The molecule has 4 N–H and O–H groups in total. The average Bonchev–Trinajstić information content (AvgIpc) is 2.34. The topological polar surface area (TPSA) is 91.2 Å². The number of carbonyl (C=O) groups is 1. The van der Waals surface area contributed by atoms with Crippen molar-refractivity contribution in [3.05, 3.63) is 46.6 Å². The predicted octanol–water partition coefficient (Wildman–Crippen LogP) is 2.32. The molecule has 0 fully saturated rings. The van der Waals surface area contributed by atoms with Crippen LogP contribution in [0.25, 0.3) is 0 Å². The summed E-state index contributed by atoms with van der Waals surface area (Å²) in [7, 11) is 0. The van der Waals surface area contributed by atoms with E-state index < -0.39 is 5.91 Å². The van der Waals surface area contributed by atoms with Crippen molar-refractivity contribution in [2.24, 2.45) is 5.73 Å². The maximum atomic E-state index is 11.2. The van der Waals surface area contributed by atoms with Gasteiger partial charge in [0.1, 0.15) is 11.3 Å². The van der Waals surface area contributed by atoms with Crippen LogP contribution in [0.4, 0.5) is 5.69 Å². The van der Waals surface area contributed by atoms with E-state index in [1.807, 2.05) is 0 Å². The molecule has 0 saturated carbocycles. The quantitative estimate of drug-likeness (QED) is 0.851. The van der Waals surface area contributed by atoms with Crippen molar-refractivity contribution < 1.29 is 9.53 Å². The van der Waals surface area contributed by atoms with Crippen LogP contribution in [0.3, 0.4) is 0 Å². The standard InChI is InChI=1S/C12H10BrN3O2/c13-9-4-3-7(14)6-10(9)18-12-8(11(15)17)2-1-5-16-12/h1-6H,14H2,(H2,15,17). The van der Waals surface area contributed by atoms with Gasteiger partial charge in [-0.1, -0.05) is 0 Å². The number of nitrogens with zero attached hydrogens (tertiary/aromatic N) is 1. The number of halogens is 1. The number of ether oxygens (including phenoxy) is 1. The van der Waals surface area contributed by atoms with E-state index in [4.69, 9.17) is 16.2 Å². The molecule has 0 radical (unpaired) electrons. The fraction of sp³-hybridized carbons (Fsp3) is 0. The largest absolute Gasteiger partial charge is 0.437 e. The summed E-state index contributed by atoms with van der Waals surface area (Å²) in [6.45, 7) is 0. The molecular weight excluding hydrogens is 298 g/mol. The van der Waals surface area contributed by atoms with Crippen LogP contribution in [0, 0.1) is 0 Å². The highest BCUT2D eigenvalue weighted by molar-refractivity contribution is 9.10. The molecule has 0 atom stereocenters. The molecule has 0 saturated heterocycles. The lowest BCUT2D eigenvalue weighted by Gasteiger charge is -2.09. The Morgan fingerprint density at radius 1 is 1.33 bits per heavy atom. The molecule has 0 aliphatic heterocycles. The molecule has 2 rings (SSSR count). The summed E-state index contributed by atoms with van der Waals surface area (Å²) < 4.78 is 6.25. The first-order valence-corrected chi connectivity index (χ1v) is 5.85. The van der Waals surface area contributed by atoms with Gasteiger partial charge in [-0.2, -0.15) is 0 Å². The van der Waals surface area contributed by atoms with E-state index in [0.29, 0.717) is 15.9 Å². The van der Waals surface area contributed by atoms with Crippen LogP contribution in [-0.4, -0.2) is 10.9 Å². The van der Waals surface area contributed by atoms with Crippen LogP contribution in [0.15, 0.2) is 41.0 Å². The van der Waals surface area contributed by atoms with Gasteiger partial charge in [-0.15, -0.1) is 0 Å². The Kier molecular flexibility index (Phi) is 3.47. The summed E-state index contributed by atoms with van der Waals surface area (Å²) in [6, 6.07) is 8.26. The average molecular weight is 308 g/mol. The van der Waals surface area contributed by atoms with Crippen molar-refractivity contribution in [2.45, 2.75) is 0 Å². The van der Waals surface area contributed by atoms with Gasteiger partial charge in [0.05, 0.1) is 4.47 Å². The van der Waals surface area contributed by atoms with Crippen molar-refractivity contribution in [1.29, 1.82) is 0 Å². The first-order valence-electron chi connectivity index (χ1n) is 5.05. The van der Waals surface area contributed by atoms with Crippen LogP contribution >= 0.6 is 15.9 Å². The highest BCUT2D eigenvalue weighted by Gasteiger charge is 2.12. The van der Waals surface area contributed by atoms with Gasteiger partial charge in [-0.3, -0.25) is 4.79 Å². The van der Waals surface area contributed by atoms with E-state index in [9.17, 15) is 4.79 Å². The van der Waals surface area contributed by atoms with Gasteiger partial charge in [-0.05, 0) is 40.2 Å². The van der Waals surface area contributed by atoms with Gasteiger partial charge in [-0.25, -0.2) is 4.98 Å². The molecule has 1 amide bonds. The number of carbonyl (C=O) groups excluding carboxylic acids is 1. The van der Waals surface area contributed by atoms with Gasteiger partial charge < -0.3 is 16.2 Å². The Bertz CT molecular complexity index is 602. The van der Waals surface area contributed by atoms with Gasteiger partial charge in [0.25, 0.3) is 5.91 Å². The van der Waals surface area contributed by atoms with Gasteiger partial charge in [0.2, 0.25) is 5.88 Å². The predicted molar refractivity (Wildman–Crippen MR) is 71.4 cm³/mol. The third-order valence-corrected chi connectivity index (χ3v) is 2.85. The minimum absolute atomic E-state index is 0.149. The Morgan fingerprint density at radius 3 is 2.83 bits per heavy atom. The number of anilines is 1. The number of nitrogens with two attached hydrogens (primary N) is 2. The monoisotopic (exact) mass is 307 g/mol. The van der Waals surface area contributed by atoms with Crippen molar-refractivity contribution in [2.75, 3.05) is 5.73 Å². The number of aromatic nitrogens is 1. The fourth-order valence-corrected chi connectivity index (χ4v) is 1.69. The Hall–Kier alpha value is -2.08. The summed E-state index contributed by atoms with van der Waals surface area (Å²) in [6.07, 6.45) is 1.52. The normalized spacial score (nSPS) is 10.1. The number of primary amides is 1. The second-order valence-electron chi connectivity index (χ2n) is 3.51. The number of hydrogen-bond donors (Lipinski definition) is 2. The Morgan fingerprint density at radius 2 is 2.11 bits per heavy atom. The van der Waals surface area contributed by atoms with Gasteiger partial charge >= 0.3 is 0 Å². The summed E-state index contributed by atoms with van der Waals surface area (Å²) >= 11 is 3.33. The summed E-state index contributed by atoms with van der Waals surface area (Å²) in [5.74, 6) is 0.0191. The smallest absolute Gasteiger partial charge is 0.254 e. The van der Waals surface area contributed by atoms with Gasteiger partial charge in [0, 0.05) is 18.0 Å². The Labute approximate surface area is 112 Å². The summed E-state index contributed by atoms with van der Waals surface area (Å²) in [5.41, 5.74) is 11.7. The van der Waals surface area contributed by atoms with Crippen molar-refractivity contribution >= 4 is 27.5 Å². The zero-order valence-corrected chi connectivity index (χ0v) is 10.8. The minimum Gasteiger partial charge on any atom is -0.437 e. The number of nitrogen functional groups attached to an aromatic ring is 1. The minimum atomic E-state index is -0.599. The number of pyridine rings is 1. The summed E-state index contributed by atoms with van der Waals surface area (Å²) in [5, 5.41) is 0. The maximum absolute atomic E-state index is 11.2. The van der Waals surface area contributed by atoms with Gasteiger partial charge in [0.15, 0.2) is 0 Å². The third kappa shape index (κ3) is 2.60. The highest BCUT2D eigenvalue weighted by atomic mass is 79.9. The molecule has 1 aromatic heterocycles. The van der Waals surface area contributed by atoms with Crippen LogP contribution < -0.4 is 16.2 Å². The molecule has 0 aliphatic carbocycles. The Balaban J connectivity index is 2.40. The molecule has 2 aromatic rings. The molecule has 0 aliphatic rings. The number of benzene rings is 1. The van der Waals surface area contributed by atoms with Crippen molar-refractivity contribution in [3.63, 3.8) is 0 Å². The molecule has 5 nitrogen and oxygen atoms in total. The van der Waals surface area contributed by atoms with Crippen molar-refractivity contribution in [3.8, 4) is 11.6 Å². The van der Waals surface area contributed by atoms with Crippen LogP contribution in [0.1, 0.15) is 10.4 Å². The van der Waals surface area contributed by atoms with Crippen LogP contribution in [0.2, 0.25) is 0 Å². The molecule has 0 bridgehead atoms. The number of hydrogen-bond acceptors (Lipinski definition) is 4. The van der Waals surface area contributed by atoms with E-state index in [-0.39, 0.29) is 11.4 Å². The molecule has 1 aromatic carbocycles. The second kappa shape index (κ2) is 5.05. The molecule has 0 unspecified atom stereocenters. The van der Waals surface area contributed by atoms with E-state index in [1.54, 1.807) is 30.3 Å². The molecule has 0 spiro atoms. The lowest BCUT2D eigenvalue weighted by molar-refractivity contribution is 0.0997. The maximum Gasteiger partial charge on any atom is 0.254 e. The van der Waals surface area contributed by atoms with E-state index in [1.165, 1.54) is 6.20 Å². The zero-order chi connectivity index (χ0) is 13.1.